The Labute approximate surface area is 151 Å². The number of hydrogen-bond acceptors (Lipinski definition) is 3. The first-order valence-corrected chi connectivity index (χ1v) is 8.39. The second kappa shape index (κ2) is 8.25. The van der Waals surface area contributed by atoms with Gasteiger partial charge in [-0.3, -0.25) is 9.69 Å². The molecule has 0 aliphatic rings. The number of ether oxygens (including phenoxy) is 1. The lowest BCUT2D eigenvalue weighted by Crippen LogP contribution is -2.31. The van der Waals surface area contributed by atoms with Crippen LogP contribution in [0, 0.1) is 5.82 Å². The topological polar surface area (TPSA) is 42.4 Å². The molecule has 1 heterocycles. The second-order valence-corrected chi connectivity index (χ2v) is 5.60. The van der Waals surface area contributed by atoms with E-state index in [1.807, 2.05) is 13.0 Å². The number of nitrogens with zero attached hydrogens (tertiary/aromatic N) is 2. The van der Waals surface area contributed by atoms with Crippen molar-refractivity contribution in [3.8, 4) is 5.75 Å². The third kappa shape index (κ3) is 3.88. The molecule has 0 unspecified atom stereocenters. The molecule has 0 spiro atoms. The average molecular weight is 350 g/mol. The number of hydrogen-bond donors (Lipinski definition) is 0. The molecule has 0 aliphatic heterocycles. The molecule has 3 aromatic rings. The van der Waals surface area contributed by atoms with Crippen LogP contribution in [0.2, 0.25) is 0 Å². The van der Waals surface area contributed by atoms with Gasteiger partial charge < -0.3 is 4.74 Å². The Morgan fingerprint density at radius 3 is 2.50 bits per heavy atom. The third-order valence-corrected chi connectivity index (χ3v) is 3.87. The number of anilines is 1. The average Bonchev–Trinajstić information content (AvgIpc) is 2.68. The summed E-state index contributed by atoms with van der Waals surface area (Å²) in [5, 5.41) is 0. The molecule has 0 N–H and O–H groups in total. The predicted octanol–water partition coefficient (Wildman–Crippen LogP) is 4.47. The molecule has 1 aromatic heterocycles. The zero-order valence-electron chi connectivity index (χ0n) is 14.4. The lowest BCUT2D eigenvalue weighted by atomic mass is 10.1. The Balaban J connectivity index is 2.01. The van der Waals surface area contributed by atoms with Gasteiger partial charge >= 0.3 is 0 Å². The minimum Gasteiger partial charge on any atom is -0.493 e. The lowest BCUT2D eigenvalue weighted by molar-refractivity contribution is 0.0980. The van der Waals surface area contributed by atoms with E-state index in [0.717, 1.165) is 0 Å². The van der Waals surface area contributed by atoms with Crippen molar-refractivity contribution >= 4 is 11.7 Å². The fraction of sp³-hybridized carbons (Fsp3) is 0.143. The molecule has 132 valence electrons. The summed E-state index contributed by atoms with van der Waals surface area (Å²) in [5.74, 6) is 0.289. The molecule has 0 fully saturated rings. The van der Waals surface area contributed by atoms with Crippen molar-refractivity contribution in [1.82, 2.24) is 4.98 Å². The molecule has 3 rings (SSSR count). The van der Waals surface area contributed by atoms with Crippen molar-refractivity contribution in [1.29, 1.82) is 0 Å². The largest absolute Gasteiger partial charge is 0.493 e. The first-order valence-electron chi connectivity index (χ1n) is 8.39. The highest BCUT2D eigenvalue weighted by Crippen LogP contribution is 2.24. The fourth-order valence-electron chi connectivity index (χ4n) is 2.64. The summed E-state index contributed by atoms with van der Waals surface area (Å²) < 4.78 is 19.7. The molecular formula is C21H19FN2O2. The number of aromatic nitrogens is 1. The van der Waals surface area contributed by atoms with Crippen LogP contribution < -0.4 is 9.64 Å². The Morgan fingerprint density at radius 1 is 1.04 bits per heavy atom. The van der Waals surface area contributed by atoms with Crippen LogP contribution in [0.4, 0.5) is 10.2 Å². The van der Waals surface area contributed by atoms with E-state index >= 15 is 0 Å². The van der Waals surface area contributed by atoms with Crippen LogP contribution in [0.25, 0.3) is 0 Å². The molecule has 1 amide bonds. The van der Waals surface area contributed by atoms with Crippen molar-refractivity contribution in [3.63, 3.8) is 0 Å². The van der Waals surface area contributed by atoms with Crippen molar-refractivity contribution in [3.05, 3.63) is 89.9 Å². The SMILES string of the molecule is CCOc1ccccc1C(=O)N(Cc1ccccc1F)c1ccccn1. The highest BCUT2D eigenvalue weighted by molar-refractivity contribution is 6.07. The van der Waals surface area contributed by atoms with E-state index in [-0.39, 0.29) is 18.3 Å². The molecule has 0 bridgehead atoms. The maximum atomic E-state index is 14.1. The van der Waals surface area contributed by atoms with Gasteiger partial charge in [0.15, 0.2) is 0 Å². The van der Waals surface area contributed by atoms with Crippen molar-refractivity contribution in [2.45, 2.75) is 13.5 Å². The van der Waals surface area contributed by atoms with Crippen LogP contribution in [0.3, 0.4) is 0 Å². The number of pyridine rings is 1. The molecule has 0 saturated heterocycles. The summed E-state index contributed by atoms with van der Waals surface area (Å²) in [6.45, 7) is 2.38. The van der Waals surface area contributed by atoms with Crippen LogP contribution in [0.1, 0.15) is 22.8 Å². The maximum Gasteiger partial charge on any atom is 0.263 e. The summed E-state index contributed by atoms with van der Waals surface area (Å²) in [4.78, 5) is 19.0. The number of amides is 1. The van der Waals surface area contributed by atoms with Gasteiger partial charge in [-0.1, -0.05) is 36.4 Å². The van der Waals surface area contributed by atoms with Crippen LogP contribution in [-0.4, -0.2) is 17.5 Å². The lowest BCUT2D eigenvalue weighted by Gasteiger charge is -2.23. The van der Waals surface area contributed by atoms with Gasteiger partial charge in [-0.25, -0.2) is 9.37 Å². The van der Waals surface area contributed by atoms with E-state index in [1.54, 1.807) is 60.8 Å². The fourth-order valence-corrected chi connectivity index (χ4v) is 2.64. The molecule has 5 heteroatoms. The predicted molar refractivity (Wildman–Crippen MR) is 98.8 cm³/mol. The summed E-state index contributed by atoms with van der Waals surface area (Å²) >= 11 is 0. The minimum absolute atomic E-state index is 0.0724. The van der Waals surface area contributed by atoms with Crippen molar-refractivity contribution < 1.29 is 13.9 Å². The normalized spacial score (nSPS) is 10.4. The van der Waals surface area contributed by atoms with Gasteiger partial charge in [-0.2, -0.15) is 0 Å². The van der Waals surface area contributed by atoms with Gasteiger partial charge in [-0.15, -0.1) is 0 Å². The highest BCUT2D eigenvalue weighted by Gasteiger charge is 2.23. The Kier molecular flexibility index (Phi) is 5.59. The zero-order valence-corrected chi connectivity index (χ0v) is 14.4. The van der Waals surface area contributed by atoms with Crippen LogP contribution in [0.5, 0.6) is 5.75 Å². The molecule has 0 radical (unpaired) electrons. The van der Waals surface area contributed by atoms with Gasteiger partial charge in [0.1, 0.15) is 17.4 Å². The zero-order chi connectivity index (χ0) is 18.4. The second-order valence-electron chi connectivity index (χ2n) is 5.60. The monoisotopic (exact) mass is 350 g/mol. The molecule has 26 heavy (non-hydrogen) atoms. The summed E-state index contributed by atoms with van der Waals surface area (Å²) in [7, 11) is 0. The van der Waals surface area contributed by atoms with Crippen LogP contribution in [0.15, 0.2) is 72.9 Å². The molecule has 0 aliphatic carbocycles. The minimum atomic E-state index is -0.362. The number of carbonyl (C=O) groups is 1. The molecule has 0 saturated carbocycles. The number of benzene rings is 2. The van der Waals surface area contributed by atoms with Gasteiger partial charge in [0.2, 0.25) is 0 Å². The number of rotatable bonds is 6. The quantitative estimate of drug-likeness (QED) is 0.659. The van der Waals surface area contributed by atoms with Gasteiger partial charge in [-0.05, 0) is 37.3 Å². The maximum absolute atomic E-state index is 14.1. The Morgan fingerprint density at radius 2 is 1.77 bits per heavy atom. The molecular weight excluding hydrogens is 331 g/mol. The van der Waals surface area contributed by atoms with E-state index in [4.69, 9.17) is 4.74 Å². The van der Waals surface area contributed by atoms with E-state index in [2.05, 4.69) is 4.98 Å². The van der Waals surface area contributed by atoms with Crippen molar-refractivity contribution in [2.75, 3.05) is 11.5 Å². The summed E-state index contributed by atoms with van der Waals surface area (Å²) in [6.07, 6.45) is 1.60. The summed E-state index contributed by atoms with van der Waals surface area (Å²) in [5.41, 5.74) is 0.830. The standard InChI is InChI=1S/C21H19FN2O2/c1-2-26-19-12-6-4-10-17(19)21(25)24(20-13-7-8-14-23-20)15-16-9-3-5-11-18(16)22/h3-14H,2,15H2,1H3. The number of para-hydroxylation sites is 1. The molecule has 4 nitrogen and oxygen atoms in total. The van der Waals surface area contributed by atoms with Crippen LogP contribution in [-0.2, 0) is 6.54 Å². The van der Waals surface area contributed by atoms with E-state index in [9.17, 15) is 9.18 Å². The first-order chi connectivity index (χ1) is 12.7. The smallest absolute Gasteiger partial charge is 0.263 e. The Hall–Kier alpha value is -3.21. The molecule has 0 atom stereocenters. The third-order valence-electron chi connectivity index (χ3n) is 3.87. The highest BCUT2D eigenvalue weighted by atomic mass is 19.1. The Bertz CT molecular complexity index is 884. The van der Waals surface area contributed by atoms with Gasteiger partial charge in [0.25, 0.3) is 5.91 Å². The number of halogens is 1. The van der Waals surface area contributed by atoms with Crippen molar-refractivity contribution in [2.24, 2.45) is 0 Å². The van der Waals surface area contributed by atoms with Gasteiger partial charge in [0, 0.05) is 11.8 Å². The van der Waals surface area contributed by atoms with E-state index < -0.39 is 0 Å². The van der Waals surface area contributed by atoms with E-state index in [1.165, 1.54) is 11.0 Å². The van der Waals surface area contributed by atoms with Crippen LogP contribution >= 0.6 is 0 Å². The summed E-state index contributed by atoms with van der Waals surface area (Å²) in [6, 6.07) is 18.7. The first kappa shape index (κ1) is 17.6. The van der Waals surface area contributed by atoms with Gasteiger partial charge in [0.05, 0.1) is 18.7 Å². The number of carbonyl (C=O) groups excluding carboxylic acids is 1. The van der Waals surface area contributed by atoms with E-state index in [0.29, 0.717) is 29.3 Å². The molecule has 2 aromatic carbocycles.